The highest BCUT2D eigenvalue weighted by molar-refractivity contribution is 5.87. The summed E-state index contributed by atoms with van der Waals surface area (Å²) in [6.45, 7) is 1.71. The predicted octanol–water partition coefficient (Wildman–Crippen LogP) is -0.233. The van der Waals surface area contributed by atoms with Crippen LogP contribution in [0.5, 0.6) is 0 Å². The maximum atomic E-state index is 11.2. The molecule has 0 atom stereocenters. The van der Waals surface area contributed by atoms with Crippen molar-refractivity contribution in [1.82, 2.24) is 9.97 Å². The Balaban J connectivity index is 2.36. The van der Waals surface area contributed by atoms with Gasteiger partial charge in [0.05, 0.1) is 7.11 Å². The first-order valence-electron chi connectivity index (χ1n) is 4.65. The lowest BCUT2D eigenvalue weighted by molar-refractivity contribution is 0.0593. The predicted molar refractivity (Wildman–Crippen MR) is 53.0 cm³/mol. The lowest BCUT2D eigenvalue weighted by Gasteiger charge is -2.31. The zero-order valence-electron chi connectivity index (χ0n) is 8.32. The molecule has 1 aliphatic heterocycles. The number of carbonyl (C=O) groups is 1. The van der Waals surface area contributed by atoms with Crippen molar-refractivity contribution in [3.05, 3.63) is 22.1 Å². The number of nitrogens with zero attached hydrogens (tertiary/aromatic N) is 2. The maximum Gasteiger partial charge on any atom is 0.357 e. The summed E-state index contributed by atoms with van der Waals surface area (Å²) in [6, 6.07) is 1.13. The smallest absolute Gasteiger partial charge is 0.357 e. The van der Waals surface area contributed by atoms with Crippen LogP contribution < -0.4 is 10.5 Å². The van der Waals surface area contributed by atoms with E-state index in [1.54, 1.807) is 0 Å². The number of esters is 1. The molecule has 0 aromatic carbocycles. The van der Waals surface area contributed by atoms with Gasteiger partial charge in [-0.05, 0) is 6.42 Å². The van der Waals surface area contributed by atoms with Crippen LogP contribution in [0.3, 0.4) is 0 Å². The van der Waals surface area contributed by atoms with Gasteiger partial charge in [0.2, 0.25) is 5.95 Å². The molecule has 2 rings (SSSR count). The molecule has 1 aliphatic rings. The molecule has 1 aromatic rings. The second-order valence-corrected chi connectivity index (χ2v) is 3.29. The number of hydrogen-bond acceptors (Lipinski definition) is 5. The van der Waals surface area contributed by atoms with Crippen molar-refractivity contribution in [2.24, 2.45) is 0 Å². The number of methoxy groups -OCH3 is 1. The van der Waals surface area contributed by atoms with Crippen molar-refractivity contribution in [2.75, 3.05) is 25.1 Å². The molecular formula is C9H11N3O3. The molecule has 0 aliphatic carbocycles. The Morgan fingerprint density at radius 2 is 2.33 bits per heavy atom. The number of ether oxygens (including phenoxy) is 1. The molecule has 0 saturated carbocycles. The molecule has 6 heteroatoms. The van der Waals surface area contributed by atoms with E-state index in [-0.39, 0.29) is 11.3 Å². The first-order chi connectivity index (χ1) is 7.20. The number of aromatic nitrogens is 2. The Morgan fingerprint density at radius 3 is 2.87 bits per heavy atom. The SMILES string of the molecule is COC(=O)c1cc(=O)[nH]c(N2CCC2)n1. The summed E-state index contributed by atoms with van der Waals surface area (Å²) in [6.07, 6.45) is 1.08. The Hall–Kier alpha value is -1.85. The minimum Gasteiger partial charge on any atom is -0.464 e. The molecule has 0 amide bonds. The summed E-state index contributed by atoms with van der Waals surface area (Å²) in [5.74, 6) is -0.156. The van der Waals surface area contributed by atoms with E-state index in [0.29, 0.717) is 5.95 Å². The summed E-state index contributed by atoms with van der Waals surface area (Å²) < 4.78 is 4.50. The molecular weight excluding hydrogens is 198 g/mol. The second kappa shape index (κ2) is 3.72. The average Bonchev–Trinajstić information content (AvgIpc) is 2.13. The largest absolute Gasteiger partial charge is 0.464 e. The van der Waals surface area contributed by atoms with Crippen LogP contribution in [0.1, 0.15) is 16.9 Å². The van der Waals surface area contributed by atoms with Crippen LogP contribution in [0.25, 0.3) is 0 Å². The fraction of sp³-hybridized carbons (Fsp3) is 0.444. The minimum atomic E-state index is -0.595. The highest BCUT2D eigenvalue weighted by Crippen LogP contribution is 2.13. The van der Waals surface area contributed by atoms with Crippen LogP contribution >= 0.6 is 0 Å². The topological polar surface area (TPSA) is 75.3 Å². The van der Waals surface area contributed by atoms with Crippen LogP contribution in [0.15, 0.2) is 10.9 Å². The Labute approximate surface area is 85.9 Å². The lowest BCUT2D eigenvalue weighted by atomic mass is 10.2. The Bertz CT molecular complexity index is 436. The number of hydrogen-bond donors (Lipinski definition) is 1. The number of H-pyrrole nitrogens is 1. The van der Waals surface area contributed by atoms with Gasteiger partial charge in [-0.3, -0.25) is 9.78 Å². The van der Waals surface area contributed by atoms with Crippen molar-refractivity contribution in [2.45, 2.75) is 6.42 Å². The molecule has 1 saturated heterocycles. The fourth-order valence-corrected chi connectivity index (χ4v) is 1.33. The van der Waals surface area contributed by atoms with Gasteiger partial charge in [0.1, 0.15) is 0 Å². The average molecular weight is 209 g/mol. The lowest BCUT2D eigenvalue weighted by Crippen LogP contribution is -2.39. The molecule has 0 bridgehead atoms. The van der Waals surface area contributed by atoms with Crippen molar-refractivity contribution >= 4 is 11.9 Å². The summed E-state index contributed by atoms with van der Waals surface area (Å²) in [4.78, 5) is 30.9. The molecule has 1 fully saturated rings. The second-order valence-electron chi connectivity index (χ2n) is 3.29. The van der Waals surface area contributed by atoms with E-state index in [2.05, 4.69) is 14.7 Å². The quantitative estimate of drug-likeness (QED) is 0.681. The summed E-state index contributed by atoms with van der Waals surface area (Å²) in [5.41, 5.74) is -0.296. The number of anilines is 1. The van der Waals surface area contributed by atoms with Crippen molar-refractivity contribution in [3.63, 3.8) is 0 Å². The standard InChI is InChI=1S/C9H11N3O3/c1-15-8(14)6-5-7(13)11-9(10-6)12-3-2-4-12/h5H,2-4H2,1H3,(H,10,11,13). The van der Waals surface area contributed by atoms with E-state index in [1.165, 1.54) is 7.11 Å². The fourth-order valence-electron chi connectivity index (χ4n) is 1.33. The number of carbonyl (C=O) groups excluding carboxylic acids is 1. The molecule has 80 valence electrons. The molecule has 1 N–H and O–H groups in total. The molecule has 6 nitrogen and oxygen atoms in total. The van der Waals surface area contributed by atoms with Gasteiger partial charge in [-0.2, -0.15) is 0 Å². The number of aromatic amines is 1. The first-order valence-corrected chi connectivity index (χ1v) is 4.65. The van der Waals surface area contributed by atoms with E-state index in [1.807, 2.05) is 4.90 Å². The molecule has 2 heterocycles. The monoisotopic (exact) mass is 209 g/mol. The van der Waals surface area contributed by atoms with Crippen LogP contribution in [0, 0.1) is 0 Å². The molecule has 0 radical (unpaired) electrons. The van der Waals surface area contributed by atoms with E-state index >= 15 is 0 Å². The normalized spacial score (nSPS) is 14.6. The zero-order chi connectivity index (χ0) is 10.8. The van der Waals surface area contributed by atoms with E-state index in [0.717, 1.165) is 25.6 Å². The molecule has 1 aromatic heterocycles. The highest BCUT2D eigenvalue weighted by atomic mass is 16.5. The summed E-state index contributed by atoms with van der Waals surface area (Å²) in [5, 5.41) is 0. The van der Waals surface area contributed by atoms with Crippen LogP contribution in [-0.4, -0.2) is 36.1 Å². The van der Waals surface area contributed by atoms with Crippen molar-refractivity contribution in [3.8, 4) is 0 Å². The van der Waals surface area contributed by atoms with Gasteiger partial charge in [-0.1, -0.05) is 0 Å². The van der Waals surface area contributed by atoms with Gasteiger partial charge in [0, 0.05) is 19.2 Å². The Morgan fingerprint density at radius 1 is 1.60 bits per heavy atom. The minimum absolute atomic E-state index is 0.0446. The van der Waals surface area contributed by atoms with Gasteiger partial charge in [0.15, 0.2) is 5.69 Å². The van der Waals surface area contributed by atoms with Crippen molar-refractivity contribution < 1.29 is 9.53 Å². The van der Waals surface area contributed by atoms with E-state index in [9.17, 15) is 9.59 Å². The third kappa shape index (κ3) is 1.83. The third-order valence-corrected chi connectivity index (χ3v) is 2.28. The summed E-state index contributed by atoms with van der Waals surface area (Å²) >= 11 is 0. The molecule has 0 spiro atoms. The number of rotatable bonds is 2. The van der Waals surface area contributed by atoms with Gasteiger partial charge in [0.25, 0.3) is 5.56 Å². The van der Waals surface area contributed by atoms with E-state index < -0.39 is 5.97 Å². The number of nitrogens with one attached hydrogen (secondary N) is 1. The maximum absolute atomic E-state index is 11.2. The van der Waals surface area contributed by atoms with Crippen molar-refractivity contribution in [1.29, 1.82) is 0 Å². The van der Waals surface area contributed by atoms with E-state index in [4.69, 9.17) is 0 Å². The molecule has 0 unspecified atom stereocenters. The Kier molecular flexibility index (Phi) is 2.40. The van der Waals surface area contributed by atoms with Gasteiger partial charge < -0.3 is 9.64 Å². The zero-order valence-corrected chi connectivity index (χ0v) is 8.32. The first kappa shape index (κ1) is 9.70. The van der Waals surface area contributed by atoms with Gasteiger partial charge >= 0.3 is 5.97 Å². The van der Waals surface area contributed by atoms with Gasteiger partial charge in [-0.25, -0.2) is 9.78 Å². The summed E-state index contributed by atoms with van der Waals surface area (Å²) in [7, 11) is 1.26. The highest BCUT2D eigenvalue weighted by Gasteiger charge is 2.19. The van der Waals surface area contributed by atoms with Gasteiger partial charge in [-0.15, -0.1) is 0 Å². The van der Waals surface area contributed by atoms with Crippen LogP contribution in [0.4, 0.5) is 5.95 Å². The third-order valence-electron chi connectivity index (χ3n) is 2.28. The van der Waals surface area contributed by atoms with Crippen LogP contribution in [0.2, 0.25) is 0 Å². The molecule has 15 heavy (non-hydrogen) atoms. The van der Waals surface area contributed by atoms with Crippen LogP contribution in [-0.2, 0) is 4.74 Å².